The van der Waals surface area contributed by atoms with Crippen molar-refractivity contribution in [1.29, 1.82) is 0 Å². The van der Waals surface area contributed by atoms with Crippen molar-refractivity contribution in [2.45, 2.75) is 45.2 Å². The minimum absolute atomic E-state index is 0.0679. The van der Waals surface area contributed by atoms with Crippen LogP contribution in [0, 0.1) is 6.92 Å². The van der Waals surface area contributed by atoms with Gasteiger partial charge in [-0.3, -0.25) is 14.5 Å². The number of nitrogens with zero attached hydrogens (tertiary/aromatic N) is 1. The molecule has 0 heterocycles. The molecule has 1 aliphatic rings. The van der Waals surface area contributed by atoms with E-state index < -0.39 is 5.97 Å². The lowest BCUT2D eigenvalue weighted by atomic mass is 10.1. The molecule has 114 valence electrons. The Balaban J connectivity index is 1.99. The van der Waals surface area contributed by atoms with Crippen molar-refractivity contribution in [3.63, 3.8) is 0 Å². The topological polar surface area (TPSA) is 69.6 Å². The van der Waals surface area contributed by atoms with Gasteiger partial charge in [-0.15, -0.1) is 0 Å². The summed E-state index contributed by atoms with van der Waals surface area (Å²) in [7, 11) is 0. The molecule has 5 nitrogen and oxygen atoms in total. The molecule has 0 spiro atoms. The van der Waals surface area contributed by atoms with E-state index in [1.165, 1.54) is 0 Å². The van der Waals surface area contributed by atoms with Gasteiger partial charge in [0.2, 0.25) is 5.91 Å². The van der Waals surface area contributed by atoms with Crippen molar-refractivity contribution >= 4 is 17.6 Å². The standard InChI is InChI=1S/C16H22N2O3/c1-11-5-3-4-6-14(11)17-16(21)12(2)18(13-7-8-13)10-9-15(19)20/h3-6,12-13H,7-10H2,1-2H3,(H,17,21)(H,19,20). The van der Waals surface area contributed by atoms with E-state index in [9.17, 15) is 9.59 Å². The monoisotopic (exact) mass is 290 g/mol. The Kier molecular flexibility index (Phi) is 4.96. The second kappa shape index (κ2) is 6.72. The fourth-order valence-corrected chi connectivity index (χ4v) is 2.42. The van der Waals surface area contributed by atoms with Crippen LogP contribution in [-0.2, 0) is 9.59 Å². The zero-order chi connectivity index (χ0) is 15.4. The van der Waals surface area contributed by atoms with Crippen LogP contribution in [0.5, 0.6) is 0 Å². The van der Waals surface area contributed by atoms with E-state index in [1.807, 2.05) is 43.0 Å². The highest BCUT2D eigenvalue weighted by molar-refractivity contribution is 5.95. The summed E-state index contributed by atoms with van der Waals surface area (Å²) in [4.78, 5) is 25.1. The van der Waals surface area contributed by atoms with Crippen LogP contribution in [0.4, 0.5) is 5.69 Å². The van der Waals surface area contributed by atoms with Gasteiger partial charge in [-0.25, -0.2) is 0 Å². The molecule has 1 atom stereocenters. The van der Waals surface area contributed by atoms with Gasteiger partial charge in [0.25, 0.3) is 0 Å². The molecule has 0 aromatic heterocycles. The molecule has 21 heavy (non-hydrogen) atoms. The van der Waals surface area contributed by atoms with Crippen LogP contribution in [-0.4, -0.2) is 40.5 Å². The van der Waals surface area contributed by atoms with Crippen LogP contribution in [0.25, 0.3) is 0 Å². The quantitative estimate of drug-likeness (QED) is 0.808. The van der Waals surface area contributed by atoms with E-state index in [-0.39, 0.29) is 18.4 Å². The molecule has 1 unspecified atom stereocenters. The molecule has 0 aliphatic heterocycles. The summed E-state index contributed by atoms with van der Waals surface area (Å²) in [5.41, 5.74) is 1.82. The van der Waals surface area contributed by atoms with Gasteiger partial charge >= 0.3 is 5.97 Å². The average Bonchev–Trinajstić information content (AvgIpc) is 3.25. The van der Waals surface area contributed by atoms with E-state index >= 15 is 0 Å². The first kappa shape index (κ1) is 15.5. The maximum atomic E-state index is 12.4. The number of anilines is 1. The van der Waals surface area contributed by atoms with Gasteiger partial charge in [0.1, 0.15) is 0 Å². The number of carbonyl (C=O) groups excluding carboxylic acids is 1. The van der Waals surface area contributed by atoms with Gasteiger partial charge in [0, 0.05) is 18.3 Å². The number of benzene rings is 1. The number of rotatable bonds is 7. The van der Waals surface area contributed by atoms with Crippen molar-refractivity contribution in [3.8, 4) is 0 Å². The predicted octanol–water partition coefficient (Wildman–Crippen LogP) is 2.26. The molecule has 1 aliphatic carbocycles. The van der Waals surface area contributed by atoms with Crippen molar-refractivity contribution in [2.24, 2.45) is 0 Å². The summed E-state index contributed by atoms with van der Waals surface area (Å²) in [5, 5.41) is 11.8. The third-order valence-corrected chi connectivity index (χ3v) is 3.88. The predicted molar refractivity (Wildman–Crippen MR) is 81.3 cm³/mol. The van der Waals surface area contributed by atoms with Crippen LogP contribution < -0.4 is 5.32 Å². The maximum absolute atomic E-state index is 12.4. The first-order chi connectivity index (χ1) is 9.99. The normalized spacial score (nSPS) is 15.8. The average molecular weight is 290 g/mol. The lowest BCUT2D eigenvalue weighted by Gasteiger charge is -2.27. The van der Waals surface area contributed by atoms with Gasteiger partial charge < -0.3 is 10.4 Å². The number of nitrogens with one attached hydrogen (secondary N) is 1. The summed E-state index contributed by atoms with van der Waals surface area (Å²) in [6.45, 7) is 4.21. The van der Waals surface area contributed by atoms with Gasteiger partial charge in [-0.05, 0) is 38.3 Å². The Labute approximate surface area is 125 Å². The Bertz CT molecular complexity index is 526. The number of carboxylic acid groups (broad SMARTS) is 1. The van der Waals surface area contributed by atoms with Gasteiger partial charge in [-0.2, -0.15) is 0 Å². The lowest BCUT2D eigenvalue weighted by Crippen LogP contribution is -2.44. The van der Waals surface area contributed by atoms with E-state index in [1.54, 1.807) is 0 Å². The van der Waals surface area contributed by atoms with Gasteiger partial charge in [0.15, 0.2) is 0 Å². The third kappa shape index (κ3) is 4.29. The molecular formula is C16H22N2O3. The first-order valence-corrected chi connectivity index (χ1v) is 7.33. The van der Waals surface area contributed by atoms with Gasteiger partial charge in [0.05, 0.1) is 12.5 Å². The van der Waals surface area contributed by atoms with Crippen molar-refractivity contribution in [1.82, 2.24) is 4.90 Å². The fraction of sp³-hybridized carbons (Fsp3) is 0.500. The molecule has 0 saturated heterocycles. The number of hydrogen-bond acceptors (Lipinski definition) is 3. The van der Waals surface area contributed by atoms with E-state index in [2.05, 4.69) is 5.32 Å². The van der Waals surface area contributed by atoms with Gasteiger partial charge in [-0.1, -0.05) is 18.2 Å². The highest BCUT2D eigenvalue weighted by Crippen LogP contribution is 2.29. The number of carboxylic acids is 1. The van der Waals surface area contributed by atoms with E-state index in [0.717, 1.165) is 24.1 Å². The Hall–Kier alpha value is -1.88. The Morgan fingerprint density at radius 2 is 2.05 bits per heavy atom. The molecule has 1 amide bonds. The van der Waals surface area contributed by atoms with Crippen LogP contribution >= 0.6 is 0 Å². The second-order valence-corrected chi connectivity index (χ2v) is 5.59. The maximum Gasteiger partial charge on any atom is 0.304 e. The third-order valence-electron chi connectivity index (χ3n) is 3.88. The number of carbonyl (C=O) groups is 2. The van der Waals surface area contributed by atoms with Crippen LogP contribution in [0.15, 0.2) is 24.3 Å². The number of aryl methyl sites for hydroxylation is 1. The largest absolute Gasteiger partial charge is 0.481 e. The van der Waals surface area contributed by atoms with Crippen LogP contribution in [0.2, 0.25) is 0 Å². The number of hydrogen-bond donors (Lipinski definition) is 2. The molecular weight excluding hydrogens is 268 g/mol. The highest BCUT2D eigenvalue weighted by Gasteiger charge is 2.35. The number of amides is 1. The number of aliphatic carboxylic acids is 1. The van der Waals surface area contributed by atoms with Crippen molar-refractivity contribution in [2.75, 3.05) is 11.9 Å². The summed E-state index contributed by atoms with van der Waals surface area (Å²) in [6.07, 6.45) is 2.15. The Morgan fingerprint density at radius 3 is 2.62 bits per heavy atom. The summed E-state index contributed by atoms with van der Waals surface area (Å²) in [6, 6.07) is 7.66. The SMILES string of the molecule is Cc1ccccc1NC(=O)C(C)N(CCC(=O)O)C1CC1. The highest BCUT2D eigenvalue weighted by atomic mass is 16.4. The zero-order valence-electron chi connectivity index (χ0n) is 12.5. The minimum atomic E-state index is -0.827. The molecule has 1 aromatic rings. The molecule has 2 rings (SSSR count). The van der Waals surface area contributed by atoms with E-state index in [4.69, 9.17) is 5.11 Å². The molecule has 1 aromatic carbocycles. The minimum Gasteiger partial charge on any atom is -0.481 e. The fourth-order valence-electron chi connectivity index (χ4n) is 2.42. The molecule has 5 heteroatoms. The molecule has 0 bridgehead atoms. The Morgan fingerprint density at radius 1 is 1.38 bits per heavy atom. The summed E-state index contributed by atoms with van der Waals surface area (Å²) in [5.74, 6) is -0.909. The first-order valence-electron chi connectivity index (χ1n) is 7.33. The van der Waals surface area contributed by atoms with Crippen LogP contribution in [0.1, 0.15) is 31.7 Å². The molecule has 2 N–H and O–H groups in total. The van der Waals surface area contributed by atoms with E-state index in [0.29, 0.717) is 12.6 Å². The van der Waals surface area contributed by atoms with Crippen LogP contribution in [0.3, 0.4) is 0 Å². The zero-order valence-corrected chi connectivity index (χ0v) is 12.5. The summed E-state index contributed by atoms with van der Waals surface area (Å²) < 4.78 is 0. The molecule has 1 fully saturated rings. The van der Waals surface area contributed by atoms with Crippen molar-refractivity contribution in [3.05, 3.63) is 29.8 Å². The molecule has 0 radical (unpaired) electrons. The lowest BCUT2D eigenvalue weighted by molar-refractivity contribution is -0.138. The van der Waals surface area contributed by atoms with Crippen molar-refractivity contribution < 1.29 is 14.7 Å². The molecule has 1 saturated carbocycles. The smallest absolute Gasteiger partial charge is 0.304 e. The second-order valence-electron chi connectivity index (χ2n) is 5.59. The summed E-state index contributed by atoms with van der Waals surface area (Å²) >= 11 is 0. The number of para-hydroxylation sites is 1.